The molecule has 3 rings (SSSR count). The Morgan fingerprint density at radius 3 is 2.52 bits per heavy atom. The molecule has 0 amide bonds. The fraction of sp³-hybridized carbons (Fsp3) is 0.591. The van der Waals surface area contributed by atoms with E-state index >= 15 is 0 Å². The van der Waals surface area contributed by atoms with Crippen LogP contribution < -0.4 is 5.73 Å². The maximum atomic E-state index is 14.7. The number of nitrogens with zero attached hydrogens (tertiary/aromatic N) is 2. The van der Waals surface area contributed by atoms with Gasteiger partial charge in [-0.25, -0.2) is 9.18 Å². The molecule has 7 heteroatoms. The van der Waals surface area contributed by atoms with Gasteiger partial charge in [-0.15, -0.1) is 0 Å². The first-order valence-corrected chi connectivity index (χ1v) is 10.1. The molecular formula is C22H30FN3O3. The van der Waals surface area contributed by atoms with Gasteiger partial charge in [-0.05, 0) is 71.4 Å². The molecule has 0 unspecified atom stereocenters. The summed E-state index contributed by atoms with van der Waals surface area (Å²) >= 11 is 0. The fourth-order valence-electron chi connectivity index (χ4n) is 3.96. The third-order valence-electron chi connectivity index (χ3n) is 5.62. The van der Waals surface area contributed by atoms with Gasteiger partial charge >= 0.3 is 5.97 Å². The Labute approximate surface area is 171 Å². The van der Waals surface area contributed by atoms with Gasteiger partial charge in [0.25, 0.3) is 0 Å². The highest BCUT2D eigenvalue weighted by Crippen LogP contribution is 2.37. The molecule has 0 bridgehead atoms. The normalized spacial score (nSPS) is 27.8. The average molecular weight is 403 g/mol. The molecule has 3 N–H and O–H groups in total. The molecule has 0 aromatic heterocycles. The summed E-state index contributed by atoms with van der Waals surface area (Å²) < 4.78 is 19.9. The van der Waals surface area contributed by atoms with Crippen molar-refractivity contribution in [3.63, 3.8) is 0 Å². The topological polar surface area (TPSA) is 97.3 Å². The van der Waals surface area contributed by atoms with Gasteiger partial charge in [0, 0.05) is 5.56 Å². The van der Waals surface area contributed by atoms with Gasteiger partial charge in [-0.2, -0.15) is 0 Å². The molecule has 1 aromatic rings. The van der Waals surface area contributed by atoms with Gasteiger partial charge in [-0.3, -0.25) is 9.98 Å². The van der Waals surface area contributed by atoms with Crippen molar-refractivity contribution in [2.24, 2.45) is 21.6 Å². The highest BCUT2D eigenvalue weighted by atomic mass is 19.1. The van der Waals surface area contributed by atoms with Gasteiger partial charge in [-0.1, -0.05) is 6.07 Å². The lowest BCUT2D eigenvalue weighted by Gasteiger charge is -2.39. The van der Waals surface area contributed by atoms with Crippen LogP contribution in [-0.2, 0) is 4.74 Å². The minimum atomic E-state index is -0.709. The number of aliphatic imine (C=N–C) groups is 2. The Balaban J connectivity index is 1.88. The number of esters is 1. The summed E-state index contributed by atoms with van der Waals surface area (Å²) in [6.07, 6.45) is 3.00. The summed E-state index contributed by atoms with van der Waals surface area (Å²) in [5.74, 6) is -0.842. The largest absolute Gasteiger partial charge is 0.456 e. The van der Waals surface area contributed by atoms with E-state index in [-0.39, 0.29) is 23.4 Å². The van der Waals surface area contributed by atoms with E-state index in [1.54, 1.807) is 26.8 Å². The second-order valence-electron chi connectivity index (χ2n) is 9.22. The molecule has 6 nitrogen and oxygen atoms in total. The standard InChI is InChI=1S/C22H30FN3O3/c1-21(2,3)29-20(28)16-10-5-13(11-17(16)23)18-19(24)25-12-22(4,26-18)14-6-8-15(27)9-7-14/h5,10-11,14-15,27H,6-9,12H2,1-4H3,(H2,24,25)/t14-,15-,22-/m0/s1. The number of rotatable bonds is 3. The first-order chi connectivity index (χ1) is 13.5. The quantitative estimate of drug-likeness (QED) is 0.757. The molecule has 1 fully saturated rings. The molecule has 29 heavy (non-hydrogen) atoms. The van der Waals surface area contributed by atoms with Crippen LogP contribution in [0.2, 0.25) is 0 Å². The van der Waals surface area contributed by atoms with E-state index in [2.05, 4.69) is 4.99 Å². The van der Waals surface area contributed by atoms with Crippen LogP contribution in [0.25, 0.3) is 0 Å². The van der Waals surface area contributed by atoms with E-state index in [1.165, 1.54) is 12.1 Å². The number of hydrogen-bond acceptors (Lipinski definition) is 6. The lowest BCUT2D eigenvalue weighted by Crippen LogP contribution is -2.45. The molecule has 0 radical (unpaired) electrons. The molecule has 158 valence electrons. The molecule has 1 aliphatic heterocycles. The Kier molecular flexibility index (Phi) is 5.81. The minimum absolute atomic E-state index is 0.125. The molecule has 1 heterocycles. The van der Waals surface area contributed by atoms with Gasteiger partial charge in [0.2, 0.25) is 0 Å². The summed E-state index contributed by atoms with van der Waals surface area (Å²) in [6.45, 7) is 7.71. The Morgan fingerprint density at radius 1 is 1.28 bits per heavy atom. The number of amidine groups is 1. The van der Waals surface area contributed by atoms with Crippen molar-refractivity contribution < 1.29 is 19.0 Å². The first kappa shape index (κ1) is 21.4. The van der Waals surface area contributed by atoms with Crippen molar-refractivity contribution in [1.82, 2.24) is 0 Å². The van der Waals surface area contributed by atoms with Crippen molar-refractivity contribution in [2.75, 3.05) is 6.54 Å². The SMILES string of the molecule is CC(C)(C)OC(=O)c1ccc(C2=N[C@](C)([C@H]3CC[C@H](O)CC3)CN=C2N)cc1F. The van der Waals surface area contributed by atoms with E-state index in [1.807, 2.05) is 6.92 Å². The summed E-state index contributed by atoms with van der Waals surface area (Å²) in [5.41, 5.74) is 5.73. The van der Waals surface area contributed by atoms with E-state index in [9.17, 15) is 14.3 Å². The summed E-state index contributed by atoms with van der Waals surface area (Å²) in [7, 11) is 0. The molecule has 0 saturated heterocycles. The van der Waals surface area contributed by atoms with Gasteiger partial charge in [0.15, 0.2) is 0 Å². The van der Waals surface area contributed by atoms with Crippen molar-refractivity contribution >= 4 is 17.5 Å². The van der Waals surface area contributed by atoms with Crippen LogP contribution in [0, 0.1) is 11.7 Å². The maximum absolute atomic E-state index is 14.7. The molecular weight excluding hydrogens is 373 g/mol. The zero-order valence-corrected chi connectivity index (χ0v) is 17.5. The summed E-state index contributed by atoms with van der Waals surface area (Å²) in [4.78, 5) is 21.6. The lowest BCUT2D eigenvalue weighted by molar-refractivity contribution is 0.00646. The van der Waals surface area contributed by atoms with Crippen LogP contribution in [0.15, 0.2) is 28.2 Å². The van der Waals surface area contributed by atoms with Gasteiger partial charge < -0.3 is 15.6 Å². The summed E-state index contributed by atoms with van der Waals surface area (Å²) in [6, 6.07) is 4.29. The van der Waals surface area contributed by atoms with Crippen LogP contribution in [0.5, 0.6) is 0 Å². The van der Waals surface area contributed by atoms with Crippen molar-refractivity contribution in [3.8, 4) is 0 Å². The molecule has 0 spiro atoms. The third-order valence-corrected chi connectivity index (χ3v) is 5.62. The van der Waals surface area contributed by atoms with Crippen LogP contribution in [0.3, 0.4) is 0 Å². The van der Waals surface area contributed by atoms with Crippen LogP contribution in [0.4, 0.5) is 4.39 Å². The van der Waals surface area contributed by atoms with Crippen molar-refractivity contribution in [1.29, 1.82) is 0 Å². The zero-order valence-electron chi connectivity index (χ0n) is 17.5. The summed E-state index contributed by atoms with van der Waals surface area (Å²) in [5, 5.41) is 9.79. The second-order valence-corrected chi connectivity index (χ2v) is 9.22. The predicted octanol–water partition coefficient (Wildman–Crippen LogP) is 3.25. The number of nitrogens with two attached hydrogens (primary N) is 1. The Hall–Kier alpha value is -2.28. The van der Waals surface area contributed by atoms with Crippen molar-refractivity contribution in [2.45, 2.75) is 70.6 Å². The van der Waals surface area contributed by atoms with Crippen LogP contribution in [0.1, 0.15) is 69.3 Å². The Morgan fingerprint density at radius 2 is 1.93 bits per heavy atom. The maximum Gasteiger partial charge on any atom is 0.341 e. The Bertz CT molecular complexity index is 851. The number of benzene rings is 1. The average Bonchev–Trinajstić information content (AvgIpc) is 2.62. The van der Waals surface area contributed by atoms with Gasteiger partial charge in [0.1, 0.15) is 23.0 Å². The number of hydrogen-bond donors (Lipinski definition) is 2. The van der Waals surface area contributed by atoms with Crippen LogP contribution >= 0.6 is 0 Å². The molecule has 2 aliphatic rings. The first-order valence-electron chi connectivity index (χ1n) is 10.1. The number of ether oxygens (including phenoxy) is 1. The second kappa shape index (κ2) is 7.86. The van der Waals surface area contributed by atoms with E-state index < -0.39 is 22.9 Å². The van der Waals surface area contributed by atoms with Crippen molar-refractivity contribution in [3.05, 3.63) is 35.1 Å². The number of carbonyl (C=O) groups is 1. The molecule has 1 aromatic carbocycles. The van der Waals surface area contributed by atoms with Crippen LogP contribution in [-0.4, -0.2) is 46.4 Å². The monoisotopic (exact) mass is 403 g/mol. The molecule has 1 saturated carbocycles. The lowest BCUT2D eigenvalue weighted by atomic mass is 9.74. The number of halogens is 1. The molecule has 1 aliphatic carbocycles. The fourth-order valence-corrected chi connectivity index (χ4v) is 3.96. The van der Waals surface area contributed by atoms with Gasteiger partial charge in [0.05, 0.1) is 23.8 Å². The highest BCUT2D eigenvalue weighted by Gasteiger charge is 2.39. The zero-order chi connectivity index (χ0) is 21.4. The number of carbonyl (C=O) groups excluding carboxylic acids is 1. The third kappa shape index (κ3) is 4.83. The number of aliphatic hydroxyl groups excluding tert-OH is 1. The van der Waals surface area contributed by atoms with E-state index in [0.29, 0.717) is 17.8 Å². The smallest absolute Gasteiger partial charge is 0.341 e. The van der Waals surface area contributed by atoms with E-state index in [4.69, 9.17) is 15.5 Å². The highest BCUT2D eigenvalue weighted by molar-refractivity contribution is 6.47. The molecule has 1 atom stereocenters. The van der Waals surface area contributed by atoms with E-state index in [0.717, 1.165) is 25.7 Å². The predicted molar refractivity (Wildman–Crippen MR) is 111 cm³/mol. The number of aliphatic hydroxyl groups is 1. The minimum Gasteiger partial charge on any atom is -0.456 e.